The third-order valence-electron chi connectivity index (χ3n) is 4.32. The fourth-order valence-electron chi connectivity index (χ4n) is 3.19. The first-order valence-corrected chi connectivity index (χ1v) is 8.21. The number of likely N-dealkylation sites (N-methyl/N-ethyl adjacent to an activating group) is 1. The first kappa shape index (κ1) is 16.0. The minimum absolute atomic E-state index is 0.236. The van der Waals surface area contributed by atoms with Gasteiger partial charge in [0, 0.05) is 25.6 Å². The van der Waals surface area contributed by atoms with Crippen LogP contribution in [0, 0.1) is 12.8 Å². The highest BCUT2D eigenvalue weighted by Gasteiger charge is 2.30. The normalized spacial score (nSPS) is 20.0. The third kappa shape index (κ3) is 4.31. The van der Waals surface area contributed by atoms with E-state index in [0.717, 1.165) is 26.1 Å². The Kier molecular flexibility index (Phi) is 5.80. The summed E-state index contributed by atoms with van der Waals surface area (Å²) in [4.78, 5) is 14.2. The molecule has 0 bridgehead atoms. The number of carbonyl (C=O) groups excluding carboxylic acids is 1. The molecule has 2 atom stereocenters. The summed E-state index contributed by atoms with van der Waals surface area (Å²) in [5.74, 6) is 0.881. The van der Waals surface area contributed by atoms with Crippen molar-refractivity contribution in [2.24, 2.45) is 5.92 Å². The number of hydrogen-bond acceptors (Lipinski definition) is 2. The van der Waals surface area contributed by atoms with Crippen molar-refractivity contribution in [2.45, 2.75) is 46.1 Å². The predicted molar refractivity (Wildman–Crippen MR) is 87.2 cm³/mol. The lowest BCUT2D eigenvalue weighted by atomic mass is 10.0. The van der Waals surface area contributed by atoms with E-state index in [-0.39, 0.29) is 6.04 Å². The average Bonchev–Trinajstić information content (AvgIpc) is 2.80. The molecule has 1 N–H and O–H groups in total. The first-order chi connectivity index (χ1) is 10.1. The molecule has 0 radical (unpaired) electrons. The lowest BCUT2D eigenvalue weighted by Gasteiger charge is -2.25. The molecule has 1 aliphatic rings. The van der Waals surface area contributed by atoms with E-state index in [0.29, 0.717) is 11.8 Å². The van der Waals surface area contributed by atoms with E-state index < -0.39 is 0 Å². The minimum atomic E-state index is 0.236. The smallest absolute Gasteiger partial charge is 0.222 e. The molecule has 0 aliphatic carbocycles. The maximum atomic E-state index is 12.2. The Hall–Kier alpha value is -1.35. The van der Waals surface area contributed by atoms with E-state index in [2.05, 4.69) is 50.4 Å². The molecule has 21 heavy (non-hydrogen) atoms. The second kappa shape index (κ2) is 7.60. The number of hydrogen-bond donors (Lipinski definition) is 1. The fraction of sp³-hybridized carbons (Fsp3) is 0.611. The zero-order chi connectivity index (χ0) is 15.2. The largest absolute Gasteiger partial charge is 0.340 e. The van der Waals surface area contributed by atoms with E-state index in [1.54, 1.807) is 0 Å². The van der Waals surface area contributed by atoms with Gasteiger partial charge in [-0.05, 0) is 31.4 Å². The van der Waals surface area contributed by atoms with Gasteiger partial charge in [0.2, 0.25) is 5.91 Å². The molecule has 1 heterocycles. The Balaban J connectivity index is 2.02. The first-order valence-electron chi connectivity index (χ1n) is 8.21. The molecule has 0 spiro atoms. The van der Waals surface area contributed by atoms with Crippen LogP contribution in [0.25, 0.3) is 0 Å². The fourth-order valence-corrected chi connectivity index (χ4v) is 3.19. The van der Waals surface area contributed by atoms with Crippen LogP contribution in [0.4, 0.5) is 0 Å². The van der Waals surface area contributed by atoms with Crippen molar-refractivity contribution in [1.29, 1.82) is 0 Å². The van der Waals surface area contributed by atoms with Gasteiger partial charge in [-0.2, -0.15) is 0 Å². The Labute approximate surface area is 128 Å². The van der Waals surface area contributed by atoms with Gasteiger partial charge >= 0.3 is 0 Å². The van der Waals surface area contributed by atoms with Crippen LogP contribution in [-0.4, -0.2) is 30.4 Å². The molecule has 0 saturated carbocycles. The van der Waals surface area contributed by atoms with Gasteiger partial charge in [-0.15, -0.1) is 0 Å². The second-order valence-electron chi connectivity index (χ2n) is 6.18. The van der Waals surface area contributed by atoms with Crippen LogP contribution in [0.1, 0.15) is 50.3 Å². The van der Waals surface area contributed by atoms with E-state index in [4.69, 9.17) is 0 Å². The van der Waals surface area contributed by atoms with Crippen molar-refractivity contribution in [1.82, 2.24) is 10.2 Å². The maximum absolute atomic E-state index is 12.2. The number of nitrogens with zero attached hydrogens (tertiary/aromatic N) is 1. The van der Waals surface area contributed by atoms with Crippen LogP contribution in [0.2, 0.25) is 0 Å². The van der Waals surface area contributed by atoms with Gasteiger partial charge in [-0.1, -0.05) is 50.1 Å². The van der Waals surface area contributed by atoms with Crippen LogP contribution in [-0.2, 0) is 4.79 Å². The van der Waals surface area contributed by atoms with Crippen molar-refractivity contribution in [3.05, 3.63) is 35.4 Å². The number of nitrogens with one attached hydrogen (secondary N) is 1. The second-order valence-corrected chi connectivity index (χ2v) is 6.18. The summed E-state index contributed by atoms with van der Waals surface area (Å²) in [5, 5.41) is 3.52. The number of benzene rings is 1. The minimum Gasteiger partial charge on any atom is -0.340 e. The van der Waals surface area contributed by atoms with E-state index in [1.807, 2.05) is 4.90 Å². The van der Waals surface area contributed by atoms with E-state index in [1.165, 1.54) is 24.0 Å². The molecule has 1 fully saturated rings. The van der Waals surface area contributed by atoms with Gasteiger partial charge in [0.15, 0.2) is 0 Å². The molecule has 1 aliphatic heterocycles. The molecule has 1 aromatic carbocycles. The highest BCUT2D eigenvalue weighted by Crippen LogP contribution is 2.25. The molecule has 1 saturated heterocycles. The number of carbonyl (C=O) groups is 1. The van der Waals surface area contributed by atoms with Crippen molar-refractivity contribution in [2.75, 3.05) is 19.6 Å². The van der Waals surface area contributed by atoms with Crippen LogP contribution < -0.4 is 5.32 Å². The third-order valence-corrected chi connectivity index (χ3v) is 4.32. The van der Waals surface area contributed by atoms with Gasteiger partial charge in [-0.3, -0.25) is 4.79 Å². The maximum Gasteiger partial charge on any atom is 0.222 e. The number of amides is 1. The highest BCUT2D eigenvalue weighted by molar-refractivity contribution is 5.78. The summed E-state index contributed by atoms with van der Waals surface area (Å²) < 4.78 is 0. The quantitative estimate of drug-likeness (QED) is 0.835. The molecule has 116 valence electrons. The Morgan fingerprint density at radius 2 is 2.00 bits per heavy atom. The SMILES string of the molecule is CCCC1CC(=O)N(CC(NCC)c2ccc(C)cc2)C1. The zero-order valence-electron chi connectivity index (χ0n) is 13.6. The zero-order valence-corrected chi connectivity index (χ0v) is 13.6. The molecule has 3 heteroatoms. The molecule has 3 nitrogen and oxygen atoms in total. The molecular weight excluding hydrogens is 260 g/mol. The van der Waals surface area contributed by atoms with Gasteiger partial charge in [-0.25, -0.2) is 0 Å². The van der Waals surface area contributed by atoms with Crippen molar-refractivity contribution >= 4 is 5.91 Å². The van der Waals surface area contributed by atoms with Gasteiger partial charge in [0.1, 0.15) is 0 Å². The molecular formula is C18H28N2O. The lowest BCUT2D eigenvalue weighted by Crippen LogP contribution is -2.36. The summed E-state index contributed by atoms with van der Waals surface area (Å²) >= 11 is 0. The number of likely N-dealkylation sites (tertiary alicyclic amines) is 1. The number of aryl methyl sites for hydroxylation is 1. The Morgan fingerprint density at radius 1 is 1.29 bits per heavy atom. The van der Waals surface area contributed by atoms with Gasteiger partial charge in [0.25, 0.3) is 0 Å². The van der Waals surface area contributed by atoms with Crippen molar-refractivity contribution in [3.8, 4) is 0 Å². The topological polar surface area (TPSA) is 32.3 Å². The van der Waals surface area contributed by atoms with E-state index in [9.17, 15) is 4.79 Å². The van der Waals surface area contributed by atoms with Crippen molar-refractivity contribution in [3.63, 3.8) is 0 Å². The monoisotopic (exact) mass is 288 g/mol. The van der Waals surface area contributed by atoms with Gasteiger partial charge in [0.05, 0.1) is 0 Å². The van der Waals surface area contributed by atoms with Crippen LogP contribution in [0.15, 0.2) is 24.3 Å². The highest BCUT2D eigenvalue weighted by atomic mass is 16.2. The summed E-state index contributed by atoms with van der Waals surface area (Å²) in [6.45, 7) is 9.05. The number of rotatable bonds is 7. The Morgan fingerprint density at radius 3 is 2.62 bits per heavy atom. The Bertz CT molecular complexity index is 455. The lowest BCUT2D eigenvalue weighted by molar-refractivity contribution is -0.128. The van der Waals surface area contributed by atoms with Gasteiger partial charge < -0.3 is 10.2 Å². The molecule has 2 unspecified atom stereocenters. The summed E-state index contributed by atoms with van der Waals surface area (Å²) in [5.41, 5.74) is 2.54. The van der Waals surface area contributed by atoms with Crippen LogP contribution in [0.3, 0.4) is 0 Å². The summed E-state index contributed by atoms with van der Waals surface area (Å²) in [6, 6.07) is 8.87. The summed E-state index contributed by atoms with van der Waals surface area (Å²) in [6.07, 6.45) is 3.07. The summed E-state index contributed by atoms with van der Waals surface area (Å²) in [7, 11) is 0. The van der Waals surface area contributed by atoms with E-state index >= 15 is 0 Å². The molecule has 1 aromatic rings. The molecule has 0 aromatic heterocycles. The molecule has 1 amide bonds. The van der Waals surface area contributed by atoms with Crippen molar-refractivity contribution < 1.29 is 4.79 Å². The van der Waals surface area contributed by atoms with Crippen LogP contribution >= 0.6 is 0 Å². The standard InChI is InChI=1S/C18H28N2O/c1-4-6-15-11-18(21)20(12-15)13-17(19-5-2)16-9-7-14(3)8-10-16/h7-10,15,17,19H,4-6,11-13H2,1-3H3. The molecule has 2 rings (SSSR count). The van der Waals surface area contributed by atoms with Crippen LogP contribution in [0.5, 0.6) is 0 Å². The average molecular weight is 288 g/mol. The predicted octanol–water partition coefficient (Wildman–Crippen LogP) is 3.29.